The largest absolute Gasteiger partial charge is 0.507 e. The Morgan fingerprint density at radius 2 is 1.86 bits per heavy atom. The normalized spacial score (nSPS) is 10.4. The van der Waals surface area contributed by atoms with Gasteiger partial charge in [-0.05, 0) is 36.6 Å². The van der Waals surface area contributed by atoms with Crippen LogP contribution >= 0.6 is 0 Å². The van der Waals surface area contributed by atoms with E-state index in [-0.39, 0.29) is 11.3 Å². The van der Waals surface area contributed by atoms with Crippen molar-refractivity contribution in [1.29, 1.82) is 0 Å². The van der Waals surface area contributed by atoms with E-state index in [1.54, 1.807) is 7.11 Å². The van der Waals surface area contributed by atoms with Crippen molar-refractivity contribution in [1.82, 2.24) is 0 Å². The Kier molecular flexibility index (Phi) is 4.71. The zero-order valence-corrected chi connectivity index (χ0v) is 13.3. The van der Waals surface area contributed by atoms with Gasteiger partial charge in [0.05, 0.1) is 14.2 Å². The van der Waals surface area contributed by atoms with Gasteiger partial charge in [0.1, 0.15) is 17.1 Å². The summed E-state index contributed by atoms with van der Waals surface area (Å²) in [7, 11) is 2.88. The Hall–Kier alpha value is -2.49. The van der Waals surface area contributed by atoms with Gasteiger partial charge in [0.15, 0.2) is 0 Å². The van der Waals surface area contributed by atoms with Gasteiger partial charge in [-0.2, -0.15) is 0 Å². The molecule has 0 unspecified atom stereocenters. The second-order valence-corrected chi connectivity index (χ2v) is 4.99. The second kappa shape index (κ2) is 6.52. The molecule has 0 heterocycles. The summed E-state index contributed by atoms with van der Waals surface area (Å²) in [5.74, 6) is 0.0547. The van der Waals surface area contributed by atoms with Crippen LogP contribution in [0.5, 0.6) is 11.5 Å². The predicted octanol–water partition coefficient (Wildman–Crippen LogP) is 3.73. The third kappa shape index (κ3) is 2.64. The smallest absolute Gasteiger partial charge is 0.342 e. The molecule has 0 amide bonds. The molecule has 0 radical (unpaired) electrons. The standard InChI is InChI=1S/C18H20O4/c1-5-12-11(2)10-14(16(17(12)19)18(20)22-4)13-8-6-7-9-15(13)21-3/h6-10,19H,5H2,1-4H3. The Morgan fingerprint density at radius 1 is 1.18 bits per heavy atom. The lowest BCUT2D eigenvalue weighted by Crippen LogP contribution is -2.07. The molecule has 2 rings (SSSR count). The molecule has 4 nitrogen and oxygen atoms in total. The quantitative estimate of drug-likeness (QED) is 0.874. The highest BCUT2D eigenvalue weighted by atomic mass is 16.5. The summed E-state index contributed by atoms with van der Waals surface area (Å²) >= 11 is 0. The highest BCUT2D eigenvalue weighted by Crippen LogP contribution is 2.39. The molecule has 0 aromatic heterocycles. The Morgan fingerprint density at radius 3 is 2.45 bits per heavy atom. The number of hydrogen-bond donors (Lipinski definition) is 1. The Bertz CT molecular complexity index is 704. The van der Waals surface area contributed by atoms with Gasteiger partial charge in [-0.3, -0.25) is 0 Å². The summed E-state index contributed by atoms with van der Waals surface area (Å²) < 4.78 is 10.2. The van der Waals surface area contributed by atoms with Crippen molar-refractivity contribution in [3.63, 3.8) is 0 Å². The average molecular weight is 300 g/mol. The zero-order chi connectivity index (χ0) is 16.3. The molecule has 1 N–H and O–H groups in total. The predicted molar refractivity (Wildman–Crippen MR) is 85.5 cm³/mol. The molecular formula is C18H20O4. The number of aryl methyl sites for hydroxylation is 1. The molecule has 0 spiro atoms. The van der Waals surface area contributed by atoms with Crippen LogP contribution in [0.3, 0.4) is 0 Å². The van der Waals surface area contributed by atoms with Gasteiger partial charge in [0.2, 0.25) is 0 Å². The lowest BCUT2D eigenvalue weighted by Gasteiger charge is -2.17. The number of para-hydroxylation sites is 1. The highest BCUT2D eigenvalue weighted by molar-refractivity contribution is 6.01. The molecule has 0 aliphatic heterocycles. The highest BCUT2D eigenvalue weighted by Gasteiger charge is 2.23. The minimum absolute atomic E-state index is 0.0183. The zero-order valence-electron chi connectivity index (χ0n) is 13.3. The maximum Gasteiger partial charge on any atom is 0.342 e. The van der Waals surface area contributed by atoms with Crippen LogP contribution < -0.4 is 4.74 Å². The summed E-state index contributed by atoms with van der Waals surface area (Å²) in [6.45, 7) is 3.85. The molecule has 2 aromatic carbocycles. The topological polar surface area (TPSA) is 55.8 Å². The van der Waals surface area contributed by atoms with Crippen LogP contribution in [0.4, 0.5) is 0 Å². The van der Waals surface area contributed by atoms with Crippen molar-refractivity contribution >= 4 is 5.97 Å². The van der Waals surface area contributed by atoms with Crippen LogP contribution in [0.1, 0.15) is 28.4 Å². The molecule has 0 bridgehead atoms. The molecule has 2 aromatic rings. The number of phenolic OH excluding ortho intramolecular Hbond substituents is 1. The fourth-order valence-electron chi connectivity index (χ4n) is 2.68. The van der Waals surface area contributed by atoms with Crippen molar-refractivity contribution < 1.29 is 19.4 Å². The average Bonchev–Trinajstić information content (AvgIpc) is 2.54. The fraction of sp³-hybridized carbons (Fsp3) is 0.278. The van der Waals surface area contributed by atoms with E-state index in [0.29, 0.717) is 17.7 Å². The molecule has 22 heavy (non-hydrogen) atoms. The molecular weight excluding hydrogens is 280 g/mol. The summed E-state index contributed by atoms with van der Waals surface area (Å²) in [5, 5.41) is 10.5. The molecule has 0 aliphatic carbocycles. The number of benzene rings is 2. The van der Waals surface area contributed by atoms with Gasteiger partial charge in [-0.15, -0.1) is 0 Å². The van der Waals surface area contributed by atoms with Crippen molar-refractivity contribution in [2.24, 2.45) is 0 Å². The third-order valence-corrected chi connectivity index (χ3v) is 3.77. The number of esters is 1. The molecule has 0 fully saturated rings. The van der Waals surface area contributed by atoms with E-state index in [4.69, 9.17) is 9.47 Å². The number of aromatic hydroxyl groups is 1. The van der Waals surface area contributed by atoms with E-state index in [9.17, 15) is 9.90 Å². The van der Waals surface area contributed by atoms with Crippen LogP contribution in [0, 0.1) is 6.92 Å². The van der Waals surface area contributed by atoms with Gasteiger partial charge >= 0.3 is 5.97 Å². The van der Waals surface area contributed by atoms with Crippen molar-refractivity contribution in [3.05, 3.63) is 47.0 Å². The van der Waals surface area contributed by atoms with Crippen molar-refractivity contribution in [3.8, 4) is 22.6 Å². The van der Waals surface area contributed by atoms with E-state index in [1.165, 1.54) is 7.11 Å². The monoisotopic (exact) mass is 300 g/mol. The Labute approximate surface area is 130 Å². The first-order valence-electron chi connectivity index (χ1n) is 7.12. The fourth-order valence-corrected chi connectivity index (χ4v) is 2.68. The Balaban J connectivity index is 2.83. The van der Waals surface area contributed by atoms with E-state index in [2.05, 4.69) is 0 Å². The van der Waals surface area contributed by atoms with E-state index < -0.39 is 5.97 Å². The lowest BCUT2D eigenvalue weighted by atomic mass is 9.91. The van der Waals surface area contributed by atoms with Crippen LogP contribution in [-0.4, -0.2) is 25.3 Å². The summed E-state index contributed by atoms with van der Waals surface area (Å²) in [6, 6.07) is 9.27. The van der Waals surface area contributed by atoms with Crippen LogP contribution in [0.25, 0.3) is 11.1 Å². The number of carbonyl (C=O) groups excluding carboxylic acids is 1. The van der Waals surface area contributed by atoms with Crippen LogP contribution in [0.2, 0.25) is 0 Å². The van der Waals surface area contributed by atoms with Gasteiger partial charge in [-0.1, -0.05) is 25.1 Å². The molecule has 0 saturated carbocycles. The third-order valence-electron chi connectivity index (χ3n) is 3.77. The van der Waals surface area contributed by atoms with Crippen LogP contribution in [0.15, 0.2) is 30.3 Å². The number of methoxy groups -OCH3 is 2. The minimum atomic E-state index is -0.562. The minimum Gasteiger partial charge on any atom is -0.507 e. The van der Waals surface area contributed by atoms with Crippen LogP contribution in [-0.2, 0) is 11.2 Å². The molecule has 0 saturated heterocycles. The summed E-state index contributed by atoms with van der Waals surface area (Å²) in [5.41, 5.74) is 3.20. The first-order valence-corrected chi connectivity index (χ1v) is 7.12. The van der Waals surface area contributed by atoms with E-state index >= 15 is 0 Å². The van der Waals surface area contributed by atoms with Gasteiger partial charge in [0, 0.05) is 11.1 Å². The number of ether oxygens (including phenoxy) is 2. The maximum absolute atomic E-state index is 12.2. The number of phenols is 1. The summed E-state index contributed by atoms with van der Waals surface area (Å²) in [4.78, 5) is 12.2. The van der Waals surface area contributed by atoms with Crippen molar-refractivity contribution in [2.75, 3.05) is 14.2 Å². The lowest BCUT2D eigenvalue weighted by molar-refractivity contribution is 0.0598. The molecule has 0 atom stereocenters. The van der Waals surface area contributed by atoms with E-state index in [1.807, 2.05) is 44.2 Å². The molecule has 4 heteroatoms. The molecule has 116 valence electrons. The first kappa shape index (κ1) is 15.9. The SMILES string of the molecule is CCc1c(C)cc(-c2ccccc2OC)c(C(=O)OC)c1O. The van der Waals surface area contributed by atoms with Gasteiger partial charge in [-0.25, -0.2) is 4.79 Å². The van der Waals surface area contributed by atoms with Crippen molar-refractivity contribution in [2.45, 2.75) is 20.3 Å². The molecule has 0 aliphatic rings. The second-order valence-electron chi connectivity index (χ2n) is 4.99. The number of hydrogen-bond acceptors (Lipinski definition) is 4. The number of rotatable bonds is 4. The van der Waals surface area contributed by atoms with Gasteiger partial charge < -0.3 is 14.6 Å². The first-order chi connectivity index (χ1) is 10.5. The number of carbonyl (C=O) groups is 1. The maximum atomic E-state index is 12.2. The summed E-state index contributed by atoms with van der Waals surface area (Å²) in [6.07, 6.45) is 0.633. The van der Waals surface area contributed by atoms with E-state index in [0.717, 1.165) is 16.7 Å². The van der Waals surface area contributed by atoms with Gasteiger partial charge in [0.25, 0.3) is 0 Å².